The number of carboxylic acid groups (broad SMARTS) is 1. The van der Waals surface area contributed by atoms with Crippen molar-refractivity contribution < 1.29 is 14.7 Å². The molecular weight excluding hydrogens is 276 g/mol. The number of aryl methyl sites for hydroxylation is 2. The van der Waals surface area contributed by atoms with Crippen molar-refractivity contribution in [3.05, 3.63) is 30.1 Å². The lowest BCUT2D eigenvalue weighted by atomic mass is 10.2. The van der Waals surface area contributed by atoms with Gasteiger partial charge in [0.25, 0.3) is 0 Å². The molecule has 2 rings (SSSR count). The van der Waals surface area contributed by atoms with Crippen LogP contribution >= 0.6 is 0 Å². The molecule has 2 heterocycles. The number of anilines is 1. The SMILES string of the molecule is Cc1nn(C)cc1NC(=O)N[C@H](Cc1cnc[nH]1)C(=O)O. The number of urea groups is 1. The number of nitrogens with one attached hydrogen (secondary N) is 3. The van der Waals surface area contributed by atoms with Crippen molar-refractivity contribution in [2.24, 2.45) is 7.05 Å². The van der Waals surface area contributed by atoms with E-state index in [1.807, 2.05) is 0 Å². The molecule has 2 aromatic heterocycles. The molecular formula is C12H16N6O3. The van der Waals surface area contributed by atoms with Gasteiger partial charge in [-0.25, -0.2) is 14.6 Å². The summed E-state index contributed by atoms with van der Waals surface area (Å²) in [5, 5.41) is 18.2. The minimum absolute atomic E-state index is 0.120. The first-order valence-corrected chi connectivity index (χ1v) is 6.23. The van der Waals surface area contributed by atoms with Crippen molar-refractivity contribution in [3.63, 3.8) is 0 Å². The van der Waals surface area contributed by atoms with Crippen LogP contribution in [0.5, 0.6) is 0 Å². The van der Waals surface area contributed by atoms with Crippen LogP contribution in [0.15, 0.2) is 18.7 Å². The summed E-state index contributed by atoms with van der Waals surface area (Å²) in [5.74, 6) is -1.12. The van der Waals surface area contributed by atoms with Crippen LogP contribution in [0, 0.1) is 6.92 Å². The fraction of sp³-hybridized carbons (Fsp3) is 0.333. The number of imidazole rings is 1. The van der Waals surface area contributed by atoms with E-state index in [1.54, 1.807) is 24.9 Å². The molecule has 112 valence electrons. The Morgan fingerprint density at radius 1 is 1.52 bits per heavy atom. The maximum atomic E-state index is 11.9. The number of carbonyl (C=O) groups is 2. The Hall–Kier alpha value is -2.84. The van der Waals surface area contributed by atoms with Gasteiger partial charge in [-0.15, -0.1) is 0 Å². The highest BCUT2D eigenvalue weighted by Gasteiger charge is 2.21. The summed E-state index contributed by atoms with van der Waals surface area (Å²) in [6, 6.07) is -1.65. The van der Waals surface area contributed by atoms with Gasteiger partial charge in [0, 0.05) is 31.6 Å². The fourth-order valence-electron chi connectivity index (χ4n) is 1.86. The molecule has 2 aromatic rings. The third-order valence-corrected chi connectivity index (χ3v) is 2.84. The molecule has 0 spiro atoms. The summed E-state index contributed by atoms with van der Waals surface area (Å²) in [4.78, 5) is 29.7. The third-order valence-electron chi connectivity index (χ3n) is 2.84. The van der Waals surface area contributed by atoms with Crippen LogP contribution in [0.3, 0.4) is 0 Å². The molecule has 0 aliphatic carbocycles. The Kier molecular flexibility index (Phi) is 4.21. The van der Waals surface area contributed by atoms with Crippen molar-refractivity contribution >= 4 is 17.7 Å². The van der Waals surface area contributed by atoms with Gasteiger partial charge < -0.3 is 20.7 Å². The second-order valence-electron chi connectivity index (χ2n) is 4.57. The molecule has 21 heavy (non-hydrogen) atoms. The minimum Gasteiger partial charge on any atom is -0.480 e. The summed E-state index contributed by atoms with van der Waals surface area (Å²) in [5.41, 5.74) is 1.80. The van der Waals surface area contributed by atoms with Gasteiger partial charge in [-0.1, -0.05) is 0 Å². The van der Waals surface area contributed by atoms with E-state index in [4.69, 9.17) is 5.11 Å². The van der Waals surface area contributed by atoms with Crippen LogP contribution in [0.4, 0.5) is 10.5 Å². The van der Waals surface area contributed by atoms with E-state index in [-0.39, 0.29) is 6.42 Å². The molecule has 2 amide bonds. The van der Waals surface area contributed by atoms with Gasteiger partial charge in [0.15, 0.2) is 0 Å². The van der Waals surface area contributed by atoms with Gasteiger partial charge in [0.1, 0.15) is 6.04 Å². The van der Waals surface area contributed by atoms with E-state index in [0.717, 1.165) is 0 Å². The fourth-order valence-corrected chi connectivity index (χ4v) is 1.86. The van der Waals surface area contributed by atoms with Gasteiger partial charge in [0.05, 0.1) is 17.7 Å². The number of amides is 2. The molecule has 0 aliphatic rings. The summed E-state index contributed by atoms with van der Waals surface area (Å²) >= 11 is 0. The highest BCUT2D eigenvalue weighted by atomic mass is 16.4. The second-order valence-corrected chi connectivity index (χ2v) is 4.57. The normalized spacial score (nSPS) is 11.9. The van der Waals surface area contributed by atoms with Crippen LogP contribution in [0.1, 0.15) is 11.4 Å². The lowest BCUT2D eigenvalue weighted by Crippen LogP contribution is -2.44. The van der Waals surface area contributed by atoms with E-state index in [1.165, 1.54) is 12.5 Å². The predicted octanol–water partition coefficient (Wildman–Crippen LogP) is 0.269. The lowest BCUT2D eigenvalue weighted by Gasteiger charge is -2.14. The number of aliphatic carboxylic acids is 1. The van der Waals surface area contributed by atoms with Gasteiger partial charge in [-0.2, -0.15) is 5.10 Å². The molecule has 0 bridgehead atoms. The molecule has 0 saturated carbocycles. The highest BCUT2D eigenvalue weighted by Crippen LogP contribution is 2.11. The summed E-state index contributed by atoms with van der Waals surface area (Å²) in [6.45, 7) is 1.74. The number of nitrogens with zero attached hydrogens (tertiary/aromatic N) is 3. The standard InChI is InChI=1S/C12H16N6O3/c1-7-10(5-18(2)17-7)16-12(21)15-9(11(19)20)3-8-4-13-6-14-8/h4-6,9H,3H2,1-2H3,(H,13,14)(H,19,20)(H2,15,16,21)/t9-/m1/s1. The second kappa shape index (κ2) is 6.07. The molecule has 0 fully saturated rings. The molecule has 9 heteroatoms. The van der Waals surface area contributed by atoms with Gasteiger partial charge in [-0.05, 0) is 6.92 Å². The molecule has 0 radical (unpaired) electrons. The number of H-pyrrole nitrogens is 1. The van der Waals surface area contributed by atoms with Crippen molar-refractivity contribution in [3.8, 4) is 0 Å². The number of carbonyl (C=O) groups excluding carboxylic acids is 1. The van der Waals surface area contributed by atoms with Crippen molar-refractivity contribution in [1.82, 2.24) is 25.1 Å². The number of hydrogen-bond acceptors (Lipinski definition) is 4. The zero-order valence-electron chi connectivity index (χ0n) is 11.6. The third kappa shape index (κ3) is 3.81. The average Bonchev–Trinajstić information content (AvgIpc) is 2.99. The number of aromatic amines is 1. The molecule has 4 N–H and O–H groups in total. The average molecular weight is 292 g/mol. The number of aromatic nitrogens is 4. The van der Waals surface area contributed by atoms with E-state index in [9.17, 15) is 9.59 Å². The zero-order valence-corrected chi connectivity index (χ0v) is 11.6. The smallest absolute Gasteiger partial charge is 0.326 e. The largest absolute Gasteiger partial charge is 0.480 e. The van der Waals surface area contributed by atoms with E-state index >= 15 is 0 Å². The molecule has 1 atom stereocenters. The van der Waals surface area contributed by atoms with E-state index in [0.29, 0.717) is 17.1 Å². The van der Waals surface area contributed by atoms with E-state index < -0.39 is 18.0 Å². The maximum Gasteiger partial charge on any atom is 0.326 e. The monoisotopic (exact) mass is 292 g/mol. The quantitative estimate of drug-likeness (QED) is 0.629. The molecule has 0 unspecified atom stereocenters. The number of carboxylic acids is 1. The first kappa shape index (κ1) is 14.6. The minimum atomic E-state index is -1.12. The molecule has 0 saturated heterocycles. The molecule has 0 aliphatic heterocycles. The zero-order chi connectivity index (χ0) is 15.4. The Balaban J connectivity index is 1.98. The highest BCUT2D eigenvalue weighted by molar-refractivity contribution is 5.92. The van der Waals surface area contributed by atoms with Gasteiger partial charge in [-0.3, -0.25) is 4.68 Å². The van der Waals surface area contributed by atoms with Crippen LogP contribution < -0.4 is 10.6 Å². The maximum absolute atomic E-state index is 11.9. The van der Waals surface area contributed by atoms with Crippen LogP contribution in [0.2, 0.25) is 0 Å². The van der Waals surface area contributed by atoms with E-state index in [2.05, 4.69) is 25.7 Å². The number of rotatable bonds is 5. The van der Waals surface area contributed by atoms with Crippen LogP contribution in [-0.2, 0) is 18.3 Å². The van der Waals surface area contributed by atoms with Crippen LogP contribution in [0.25, 0.3) is 0 Å². The molecule has 0 aromatic carbocycles. The van der Waals surface area contributed by atoms with Crippen LogP contribution in [-0.4, -0.2) is 42.9 Å². The molecule has 9 nitrogen and oxygen atoms in total. The lowest BCUT2D eigenvalue weighted by molar-refractivity contribution is -0.139. The predicted molar refractivity (Wildman–Crippen MR) is 73.8 cm³/mol. The topological polar surface area (TPSA) is 125 Å². The van der Waals surface area contributed by atoms with Gasteiger partial charge >= 0.3 is 12.0 Å². The Morgan fingerprint density at radius 3 is 2.81 bits per heavy atom. The summed E-state index contributed by atoms with van der Waals surface area (Å²) in [7, 11) is 1.73. The first-order valence-electron chi connectivity index (χ1n) is 6.23. The Labute approximate surface area is 120 Å². The number of hydrogen-bond donors (Lipinski definition) is 4. The summed E-state index contributed by atoms with van der Waals surface area (Å²) in [6.07, 6.45) is 4.72. The van der Waals surface area contributed by atoms with Crippen molar-refractivity contribution in [2.45, 2.75) is 19.4 Å². The Bertz CT molecular complexity index is 633. The van der Waals surface area contributed by atoms with Gasteiger partial charge in [0.2, 0.25) is 0 Å². The Morgan fingerprint density at radius 2 is 2.29 bits per heavy atom. The van der Waals surface area contributed by atoms with Crippen molar-refractivity contribution in [2.75, 3.05) is 5.32 Å². The summed E-state index contributed by atoms with van der Waals surface area (Å²) < 4.78 is 1.56. The first-order chi connectivity index (χ1) is 9.95. The van der Waals surface area contributed by atoms with Crippen molar-refractivity contribution in [1.29, 1.82) is 0 Å².